The second kappa shape index (κ2) is 6.33. The number of aromatic nitrogens is 1. The second-order valence-corrected chi connectivity index (χ2v) is 5.03. The Kier molecular flexibility index (Phi) is 4.52. The number of benzene rings is 1. The van der Waals surface area contributed by atoms with Gasteiger partial charge < -0.3 is 5.32 Å². The number of carbonyl (C=O) groups excluding carboxylic acids is 1. The largest absolute Gasteiger partial charge is 0.334 e. The van der Waals surface area contributed by atoms with E-state index in [-0.39, 0.29) is 6.03 Å². The summed E-state index contributed by atoms with van der Waals surface area (Å²) in [6.45, 7) is 2.38. The van der Waals surface area contributed by atoms with E-state index in [4.69, 9.17) is 0 Å². The molecule has 19 heavy (non-hydrogen) atoms. The number of anilines is 1. The van der Waals surface area contributed by atoms with Gasteiger partial charge in [0, 0.05) is 17.2 Å². The number of rotatable bonds is 3. The minimum Gasteiger partial charge on any atom is -0.334 e. The van der Waals surface area contributed by atoms with Gasteiger partial charge in [0.1, 0.15) is 5.82 Å². The lowest BCUT2D eigenvalue weighted by molar-refractivity contribution is 0.251. The number of amides is 2. The third-order valence-electron chi connectivity index (χ3n) is 2.57. The van der Waals surface area contributed by atoms with E-state index >= 15 is 0 Å². The van der Waals surface area contributed by atoms with Crippen LogP contribution >= 0.6 is 15.9 Å². The standard InChI is InChI=1S/C14H14BrN3O/c1-10-7-12(15)9-16-13(10)18-14(19)17-8-11-5-3-2-4-6-11/h2-7,9H,8H2,1H3,(H2,16,17,18,19). The van der Waals surface area contributed by atoms with Crippen LogP contribution in [-0.2, 0) is 6.54 Å². The number of halogens is 1. The Bertz CT molecular complexity index is 572. The Morgan fingerprint density at radius 3 is 2.74 bits per heavy atom. The third kappa shape index (κ3) is 4.06. The van der Waals surface area contributed by atoms with E-state index in [1.807, 2.05) is 43.3 Å². The molecule has 1 aromatic heterocycles. The quantitative estimate of drug-likeness (QED) is 0.910. The Balaban J connectivity index is 1.91. The van der Waals surface area contributed by atoms with Gasteiger partial charge >= 0.3 is 6.03 Å². The first-order valence-corrected chi connectivity index (χ1v) is 6.65. The van der Waals surface area contributed by atoms with E-state index in [0.29, 0.717) is 12.4 Å². The van der Waals surface area contributed by atoms with Crippen molar-refractivity contribution in [2.45, 2.75) is 13.5 Å². The molecule has 2 aromatic rings. The van der Waals surface area contributed by atoms with Crippen LogP contribution in [0.2, 0.25) is 0 Å². The predicted octanol–water partition coefficient (Wildman–Crippen LogP) is 3.47. The van der Waals surface area contributed by atoms with Crippen molar-refractivity contribution in [2.75, 3.05) is 5.32 Å². The average Bonchev–Trinajstić information content (AvgIpc) is 2.41. The number of urea groups is 1. The molecule has 0 saturated heterocycles. The summed E-state index contributed by atoms with van der Waals surface area (Å²) in [5.74, 6) is 0.564. The number of nitrogens with one attached hydrogen (secondary N) is 2. The van der Waals surface area contributed by atoms with Crippen LogP contribution in [-0.4, -0.2) is 11.0 Å². The summed E-state index contributed by atoms with van der Waals surface area (Å²) in [7, 11) is 0. The van der Waals surface area contributed by atoms with Gasteiger partial charge in [0.2, 0.25) is 0 Å². The summed E-state index contributed by atoms with van der Waals surface area (Å²) in [5.41, 5.74) is 1.96. The summed E-state index contributed by atoms with van der Waals surface area (Å²) in [4.78, 5) is 15.9. The van der Waals surface area contributed by atoms with Crippen molar-refractivity contribution in [3.8, 4) is 0 Å². The van der Waals surface area contributed by atoms with Crippen LogP contribution in [0.3, 0.4) is 0 Å². The molecular formula is C14H14BrN3O. The normalized spacial score (nSPS) is 10.0. The van der Waals surface area contributed by atoms with Gasteiger partial charge in [-0.1, -0.05) is 30.3 Å². The monoisotopic (exact) mass is 319 g/mol. The van der Waals surface area contributed by atoms with Crippen molar-refractivity contribution in [1.82, 2.24) is 10.3 Å². The van der Waals surface area contributed by atoms with Crippen LogP contribution in [0.15, 0.2) is 47.1 Å². The fourth-order valence-electron chi connectivity index (χ4n) is 1.60. The molecule has 2 rings (SSSR count). The van der Waals surface area contributed by atoms with Crippen molar-refractivity contribution in [1.29, 1.82) is 0 Å². The highest BCUT2D eigenvalue weighted by atomic mass is 79.9. The van der Waals surface area contributed by atoms with E-state index in [9.17, 15) is 4.79 Å². The molecule has 1 heterocycles. The molecule has 0 aliphatic carbocycles. The van der Waals surface area contributed by atoms with Gasteiger partial charge in [0.25, 0.3) is 0 Å². The molecule has 4 nitrogen and oxygen atoms in total. The van der Waals surface area contributed by atoms with Crippen molar-refractivity contribution < 1.29 is 4.79 Å². The summed E-state index contributed by atoms with van der Waals surface area (Å²) in [5, 5.41) is 5.51. The van der Waals surface area contributed by atoms with Crippen molar-refractivity contribution >= 4 is 27.8 Å². The van der Waals surface area contributed by atoms with Gasteiger partial charge in [0.05, 0.1) is 0 Å². The number of pyridine rings is 1. The van der Waals surface area contributed by atoms with E-state index in [1.165, 1.54) is 0 Å². The van der Waals surface area contributed by atoms with Crippen LogP contribution in [0, 0.1) is 6.92 Å². The SMILES string of the molecule is Cc1cc(Br)cnc1NC(=O)NCc1ccccc1. The van der Waals surface area contributed by atoms with Crippen LogP contribution < -0.4 is 10.6 Å². The fraction of sp³-hybridized carbons (Fsp3) is 0.143. The third-order valence-corrected chi connectivity index (χ3v) is 3.01. The van der Waals surface area contributed by atoms with Crippen molar-refractivity contribution in [3.05, 3.63) is 58.2 Å². The molecule has 0 bridgehead atoms. The van der Waals surface area contributed by atoms with Crippen LogP contribution in [0.4, 0.5) is 10.6 Å². The van der Waals surface area contributed by atoms with Gasteiger partial charge in [-0.05, 0) is 40.0 Å². The second-order valence-electron chi connectivity index (χ2n) is 4.11. The van der Waals surface area contributed by atoms with Gasteiger partial charge in [-0.15, -0.1) is 0 Å². The van der Waals surface area contributed by atoms with E-state index in [0.717, 1.165) is 15.6 Å². The summed E-state index contributed by atoms with van der Waals surface area (Å²) >= 11 is 3.33. The molecule has 0 radical (unpaired) electrons. The summed E-state index contributed by atoms with van der Waals surface area (Å²) < 4.78 is 0.889. The molecule has 2 amide bonds. The number of nitrogens with zero attached hydrogens (tertiary/aromatic N) is 1. The molecular weight excluding hydrogens is 306 g/mol. The maximum Gasteiger partial charge on any atom is 0.320 e. The van der Waals surface area contributed by atoms with Crippen LogP contribution in [0.5, 0.6) is 0 Å². The highest BCUT2D eigenvalue weighted by molar-refractivity contribution is 9.10. The molecule has 98 valence electrons. The molecule has 0 atom stereocenters. The van der Waals surface area contributed by atoms with Crippen molar-refractivity contribution in [2.24, 2.45) is 0 Å². The molecule has 0 aliphatic heterocycles. The van der Waals surface area contributed by atoms with Gasteiger partial charge in [-0.25, -0.2) is 9.78 Å². The Morgan fingerprint density at radius 1 is 1.32 bits per heavy atom. The predicted molar refractivity (Wildman–Crippen MR) is 79.0 cm³/mol. The minimum absolute atomic E-state index is 0.262. The smallest absolute Gasteiger partial charge is 0.320 e. The number of hydrogen-bond acceptors (Lipinski definition) is 2. The number of aryl methyl sites for hydroxylation is 1. The molecule has 2 N–H and O–H groups in total. The lowest BCUT2D eigenvalue weighted by Crippen LogP contribution is -2.28. The Morgan fingerprint density at radius 2 is 2.05 bits per heavy atom. The van der Waals surface area contributed by atoms with Crippen molar-refractivity contribution in [3.63, 3.8) is 0 Å². The minimum atomic E-state index is -0.262. The first-order valence-electron chi connectivity index (χ1n) is 5.86. The van der Waals surface area contributed by atoms with E-state index in [1.54, 1.807) is 6.20 Å². The molecule has 0 saturated carbocycles. The Labute approximate surface area is 120 Å². The van der Waals surface area contributed by atoms with Gasteiger partial charge in [-0.2, -0.15) is 0 Å². The lowest BCUT2D eigenvalue weighted by atomic mass is 10.2. The van der Waals surface area contributed by atoms with E-state index < -0.39 is 0 Å². The highest BCUT2D eigenvalue weighted by Gasteiger charge is 2.05. The molecule has 0 fully saturated rings. The zero-order valence-electron chi connectivity index (χ0n) is 10.5. The molecule has 0 unspecified atom stereocenters. The number of hydrogen-bond donors (Lipinski definition) is 2. The average molecular weight is 320 g/mol. The van der Waals surface area contributed by atoms with Crippen LogP contribution in [0.1, 0.15) is 11.1 Å². The lowest BCUT2D eigenvalue weighted by Gasteiger charge is -2.09. The fourth-order valence-corrected chi connectivity index (χ4v) is 2.05. The molecule has 5 heteroatoms. The maximum absolute atomic E-state index is 11.7. The first kappa shape index (κ1) is 13.5. The summed E-state index contributed by atoms with van der Waals surface area (Å²) in [6.07, 6.45) is 1.65. The molecule has 0 aliphatic rings. The van der Waals surface area contributed by atoms with E-state index in [2.05, 4.69) is 31.5 Å². The topological polar surface area (TPSA) is 54.0 Å². The molecule has 0 spiro atoms. The zero-order chi connectivity index (χ0) is 13.7. The summed E-state index contributed by atoms with van der Waals surface area (Å²) in [6, 6.07) is 11.4. The van der Waals surface area contributed by atoms with Crippen LogP contribution in [0.25, 0.3) is 0 Å². The first-order chi connectivity index (χ1) is 9.15. The maximum atomic E-state index is 11.7. The van der Waals surface area contributed by atoms with Gasteiger partial charge in [0.15, 0.2) is 0 Å². The number of carbonyl (C=O) groups is 1. The van der Waals surface area contributed by atoms with Gasteiger partial charge in [-0.3, -0.25) is 5.32 Å². The Hall–Kier alpha value is -1.88. The zero-order valence-corrected chi connectivity index (χ0v) is 12.1. The molecule has 1 aromatic carbocycles. The highest BCUT2D eigenvalue weighted by Crippen LogP contribution is 2.16.